The van der Waals surface area contributed by atoms with E-state index in [4.69, 9.17) is 10.5 Å². The lowest BCUT2D eigenvalue weighted by molar-refractivity contribution is 0.394. The number of ether oxygens (including phenoxy) is 1. The van der Waals surface area contributed by atoms with Gasteiger partial charge in [-0.1, -0.05) is 13.0 Å². The van der Waals surface area contributed by atoms with Crippen LogP contribution in [0, 0.1) is 0 Å². The van der Waals surface area contributed by atoms with Crippen molar-refractivity contribution < 1.29 is 4.74 Å². The first-order chi connectivity index (χ1) is 7.27. The van der Waals surface area contributed by atoms with Crippen LogP contribution in [0.15, 0.2) is 18.3 Å². The predicted octanol–water partition coefficient (Wildman–Crippen LogP) is 2.06. The SMILES string of the molecule is COc1ncccc1CSC(C)CCN. The van der Waals surface area contributed by atoms with Gasteiger partial charge in [0.2, 0.25) is 5.88 Å². The Hall–Kier alpha value is -0.740. The van der Waals surface area contributed by atoms with Crippen molar-refractivity contribution in [2.24, 2.45) is 5.73 Å². The van der Waals surface area contributed by atoms with Crippen LogP contribution < -0.4 is 10.5 Å². The third kappa shape index (κ3) is 4.10. The van der Waals surface area contributed by atoms with Crippen LogP contribution in [0.3, 0.4) is 0 Å². The Kier molecular flexibility index (Phi) is 5.50. The maximum atomic E-state index is 5.50. The fourth-order valence-corrected chi connectivity index (χ4v) is 2.25. The standard InChI is InChI=1S/C11H18N2OS/c1-9(5-6-12)15-8-10-4-3-7-13-11(10)14-2/h3-4,7,9H,5-6,8,12H2,1-2H3. The molecule has 0 aliphatic carbocycles. The average Bonchev–Trinajstić information content (AvgIpc) is 2.27. The Labute approximate surface area is 95.4 Å². The summed E-state index contributed by atoms with van der Waals surface area (Å²) in [5.41, 5.74) is 6.65. The Morgan fingerprint density at radius 1 is 1.60 bits per heavy atom. The maximum Gasteiger partial charge on any atom is 0.217 e. The smallest absolute Gasteiger partial charge is 0.217 e. The van der Waals surface area contributed by atoms with E-state index in [2.05, 4.69) is 11.9 Å². The predicted molar refractivity (Wildman–Crippen MR) is 65.2 cm³/mol. The fourth-order valence-electron chi connectivity index (χ4n) is 1.27. The quantitative estimate of drug-likeness (QED) is 0.806. The van der Waals surface area contributed by atoms with Crippen LogP contribution in [0.1, 0.15) is 18.9 Å². The molecule has 0 aliphatic rings. The molecule has 0 amide bonds. The normalized spacial score (nSPS) is 12.5. The summed E-state index contributed by atoms with van der Waals surface area (Å²) in [5.74, 6) is 1.66. The zero-order valence-electron chi connectivity index (χ0n) is 9.27. The van der Waals surface area contributed by atoms with Gasteiger partial charge in [0.05, 0.1) is 7.11 Å². The van der Waals surface area contributed by atoms with Crippen molar-refractivity contribution >= 4 is 11.8 Å². The average molecular weight is 226 g/mol. The Morgan fingerprint density at radius 3 is 3.07 bits per heavy atom. The second kappa shape index (κ2) is 6.69. The van der Waals surface area contributed by atoms with E-state index < -0.39 is 0 Å². The highest BCUT2D eigenvalue weighted by molar-refractivity contribution is 7.99. The van der Waals surface area contributed by atoms with Crippen LogP contribution in [-0.2, 0) is 5.75 Å². The number of hydrogen-bond donors (Lipinski definition) is 1. The molecule has 4 heteroatoms. The van der Waals surface area contributed by atoms with E-state index in [0.717, 1.165) is 30.2 Å². The minimum Gasteiger partial charge on any atom is -0.481 e. The van der Waals surface area contributed by atoms with E-state index >= 15 is 0 Å². The molecule has 0 radical (unpaired) electrons. The molecule has 0 saturated heterocycles. The molecule has 0 aliphatic heterocycles. The zero-order valence-corrected chi connectivity index (χ0v) is 10.1. The summed E-state index contributed by atoms with van der Waals surface area (Å²) < 4.78 is 5.19. The third-order valence-corrected chi connectivity index (χ3v) is 3.42. The van der Waals surface area contributed by atoms with E-state index in [0.29, 0.717) is 5.25 Å². The summed E-state index contributed by atoms with van der Waals surface area (Å²) in [7, 11) is 1.65. The molecular formula is C11H18N2OS. The Morgan fingerprint density at radius 2 is 2.40 bits per heavy atom. The van der Waals surface area contributed by atoms with Gasteiger partial charge in [0.25, 0.3) is 0 Å². The van der Waals surface area contributed by atoms with Crippen molar-refractivity contribution in [1.82, 2.24) is 4.98 Å². The minimum absolute atomic E-state index is 0.583. The molecule has 0 bridgehead atoms. The molecule has 0 fully saturated rings. The number of nitrogens with two attached hydrogens (primary N) is 1. The van der Waals surface area contributed by atoms with Crippen molar-refractivity contribution in [2.75, 3.05) is 13.7 Å². The largest absolute Gasteiger partial charge is 0.481 e. The first-order valence-electron chi connectivity index (χ1n) is 5.07. The first kappa shape index (κ1) is 12.3. The van der Waals surface area contributed by atoms with Gasteiger partial charge in [0.15, 0.2) is 0 Å². The lowest BCUT2D eigenvalue weighted by Crippen LogP contribution is -2.07. The molecule has 1 heterocycles. The van der Waals surface area contributed by atoms with Crippen LogP contribution in [0.25, 0.3) is 0 Å². The number of hydrogen-bond acceptors (Lipinski definition) is 4. The summed E-state index contributed by atoms with van der Waals surface area (Å²) in [6, 6.07) is 3.99. The van der Waals surface area contributed by atoms with Gasteiger partial charge in [-0.2, -0.15) is 11.8 Å². The van der Waals surface area contributed by atoms with Crippen molar-refractivity contribution in [3.05, 3.63) is 23.9 Å². The molecule has 1 aromatic heterocycles. The lowest BCUT2D eigenvalue weighted by atomic mass is 10.3. The van der Waals surface area contributed by atoms with Crippen LogP contribution in [0.5, 0.6) is 5.88 Å². The molecule has 0 saturated carbocycles. The van der Waals surface area contributed by atoms with Crippen molar-refractivity contribution in [3.63, 3.8) is 0 Å². The summed E-state index contributed by atoms with van der Waals surface area (Å²) in [4.78, 5) is 4.16. The molecule has 1 unspecified atom stereocenters. The van der Waals surface area contributed by atoms with E-state index in [1.807, 2.05) is 23.9 Å². The maximum absolute atomic E-state index is 5.50. The topological polar surface area (TPSA) is 48.1 Å². The van der Waals surface area contributed by atoms with Gasteiger partial charge in [-0.15, -0.1) is 0 Å². The molecule has 3 nitrogen and oxygen atoms in total. The summed E-state index contributed by atoms with van der Waals surface area (Å²) in [6.45, 7) is 2.94. The van der Waals surface area contributed by atoms with Gasteiger partial charge in [0, 0.05) is 22.8 Å². The molecule has 15 heavy (non-hydrogen) atoms. The highest BCUT2D eigenvalue weighted by Gasteiger charge is 2.06. The van der Waals surface area contributed by atoms with Gasteiger partial charge in [-0.3, -0.25) is 0 Å². The highest BCUT2D eigenvalue weighted by Crippen LogP contribution is 2.24. The number of rotatable bonds is 6. The number of thioether (sulfide) groups is 1. The van der Waals surface area contributed by atoms with Crippen molar-refractivity contribution in [2.45, 2.75) is 24.3 Å². The molecule has 84 valence electrons. The van der Waals surface area contributed by atoms with E-state index in [-0.39, 0.29) is 0 Å². The van der Waals surface area contributed by atoms with Crippen LogP contribution >= 0.6 is 11.8 Å². The van der Waals surface area contributed by atoms with Gasteiger partial charge < -0.3 is 10.5 Å². The molecule has 0 spiro atoms. The number of pyridine rings is 1. The van der Waals surface area contributed by atoms with Gasteiger partial charge >= 0.3 is 0 Å². The molecule has 1 aromatic rings. The van der Waals surface area contributed by atoms with E-state index in [1.54, 1.807) is 13.3 Å². The minimum atomic E-state index is 0.583. The highest BCUT2D eigenvalue weighted by atomic mass is 32.2. The van der Waals surface area contributed by atoms with Crippen LogP contribution in [0.2, 0.25) is 0 Å². The molecule has 1 atom stereocenters. The van der Waals surface area contributed by atoms with Crippen LogP contribution in [-0.4, -0.2) is 23.9 Å². The molecule has 0 aromatic carbocycles. The number of aromatic nitrogens is 1. The van der Waals surface area contributed by atoms with E-state index in [9.17, 15) is 0 Å². The molecule has 2 N–H and O–H groups in total. The van der Waals surface area contributed by atoms with Gasteiger partial charge in [-0.25, -0.2) is 4.98 Å². The van der Waals surface area contributed by atoms with Crippen LogP contribution in [0.4, 0.5) is 0 Å². The number of nitrogens with zero attached hydrogens (tertiary/aromatic N) is 1. The second-order valence-electron chi connectivity index (χ2n) is 3.37. The first-order valence-corrected chi connectivity index (χ1v) is 6.12. The third-order valence-electron chi connectivity index (χ3n) is 2.14. The van der Waals surface area contributed by atoms with E-state index in [1.165, 1.54) is 0 Å². The lowest BCUT2D eigenvalue weighted by Gasteiger charge is -2.11. The Bertz CT molecular complexity index is 294. The second-order valence-corrected chi connectivity index (χ2v) is 4.80. The Balaban J connectivity index is 2.49. The summed E-state index contributed by atoms with van der Waals surface area (Å²) in [6.07, 6.45) is 2.80. The number of methoxy groups -OCH3 is 1. The fraction of sp³-hybridized carbons (Fsp3) is 0.545. The summed E-state index contributed by atoms with van der Waals surface area (Å²) >= 11 is 1.88. The van der Waals surface area contributed by atoms with Gasteiger partial charge in [-0.05, 0) is 19.0 Å². The molecule has 1 rings (SSSR count). The zero-order chi connectivity index (χ0) is 11.1. The van der Waals surface area contributed by atoms with Crippen molar-refractivity contribution in [1.29, 1.82) is 0 Å². The monoisotopic (exact) mass is 226 g/mol. The molecular weight excluding hydrogens is 208 g/mol. The summed E-state index contributed by atoms with van der Waals surface area (Å²) in [5, 5.41) is 0.583. The van der Waals surface area contributed by atoms with Gasteiger partial charge in [0.1, 0.15) is 0 Å². The van der Waals surface area contributed by atoms with Crippen molar-refractivity contribution in [3.8, 4) is 5.88 Å².